The molecule has 0 heterocycles. The lowest BCUT2D eigenvalue weighted by Crippen LogP contribution is -2.29. The minimum atomic E-state index is 0.664. The maximum atomic E-state index is 3.07. The molecule has 0 spiro atoms. The Morgan fingerprint density at radius 2 is 1.36 bits per heavy atom. The molecule has 2 saturated carbocycles. The van der Waals surface area contributed by atoms with Crippen molar-refractivity contribution in [1.82, 2.24) is 0 Å². The summed E-state index contributed by atoms with van der Waals surface area (Å²) in [6.07, 6.45) is 16.8. The van der Waals surface area contributed by atoms with Crippen molar-refractivity contribution in [2.24, 2.45) is 29.6 Å². The van der Waals surface area contributed by atoms with E-state index in [4.69, 9.17) is 0 Å². The second-order valence-electron chi connectivity index (χ2n) is 8.52. The van der Waals surface area contributed by atoms with Crippen LogP contribution in [0.5, 0.6) is 0 Å². The summed E-state index contributed by atoms with van der Waals surface area (Å²) >= 11 is 0. The molecule has 3 unspecified atom stereocenters. The fourth-order valence-electron chi connectivity index (χ4n) is 5.28. The lowest BCUT2D eigenvalue weighted by atomic mass is 9.67. The van der Waals surface area contributed by atoms with Crippen LogP contribution in [0.4, 0.5) is 0 Å². The van der Waals surface area contributed by atoms with Gasteiger partial charge < -0.3 is 0 Å². The van der Waals surface area contributed by atoms with Crippen molar-refractivity contribution in [1.29, 1.82) is 0 Å². The molecule has 0 aromatic heterocycles. The van der Waals surface area contributed by atoms with Gasteiger partial charge in [0, 0.05) is 5.66 Å². The van der Waals surface area contributed by atoms with Crippen LogP contribution in [0.1, 0.15) is 72.1 Å². The SMILES string of the molecule is CC1=CC=C(C2CCC(C3CCC(C)CC3)CC2)C(C)C1P. The number of rotatable bonds is 2. The summed E-state index contributed by atoms with van der Waals surface area (Å²) < 4.78 is 0. The first-order chi connectivity index (χ1) is 10.6. The highest BCUT2D eigenvalue weighted by Crippen LogP contribution is 2.45. The Hall–Kier alpha value is -0.0900. The molecule has 3 aliphatic rings. The molecule has 3 aliphatic carbocycles. The fraction of sp³-hybridized carbons (Fsp3) is 0.810. The maximum Gasteiger partial charge on any atom is 0.000755 e. The first kappa shape index (κ1) is 16.8. The molecule has 3 rings (SSSR count). The zero-order chi connectivity index (χ0) is 15.7. The van der Waals surface area contributed by atoms with Gasteiger partial charge in [0.1, 0.15) is 0 Å². The highest BCUT2D eigenvalue weighted by molar-refractivity contribution is 7.18. The monoisotopic (exact) mass is 318 g/mol. The number of hydrogen-bond donors (Lipinski definition) is 0. The van der Waals surface area contributed by atoms with Crippen molar-refractivity contribution in [3.05, 3.63) is 23.3 Å². The zero-order valence-electron chi connectivity index (χ0n) is 14.9. The van der Waals surface area contributed by atoms with E-state index in [0.717, 1.165) is 29.6 Å². The van der Waals surface area contributed by atoms with Gasteiger partial charge in [-0.3, -0.25) is 0 Å². The quantitative estimate of drug-likeness (QED) is 0.518. The summed E-state index contributed by atoms with van der Waals surface area (Å²) in [7, 11) is 3.07. The molecule has 0 radical (unpaired) electrons. The van der Waals surface area contributed by atoms with Gasteiger partial charge in [0.25, 0.3) is 0 Å². The summed E-state index contributed by atoms with van der Waals surface area (Å²) in [4.78, 5) is 0. The molecule has 0 aromatic carbocycles. The van der Waals surface area contributed by atoms with E-state index in [1.165, 1.54) is 56.9 Å². The Morgan fingerprint density at radius 3 is 1.95 bits per heavy atom. The van der Waals surface area contributed by atoms with Crippen molar-refractivity contribution in [3.63, 3.8) is 0 Å². The van der Waals surface area contributed by atoms with Crippen LogP contribution in [0.15, 0.2) is 23.3 Å². The molecule has 0 amide bonds. The van der Waals surface area contributed by atoms with Crippen LogP contribution in [0.3, 0.4) is 0 Å². The molecule has 2 fully saturated rings. The average Bonchev–Trinajstić information content (AvgIpc) is 2.54. The number of hydrogen-bond acceptors (Lipinski definition) is 0. The van der Waals surface area contributed by atoms with Crippen LogP contribution in [0.25, 0.3) is 0 Å². The van der Waals surface area contributed by atoms with Crippen molar-refractivity contribution >= 4 is 9.24 Å². The van der Waals surface area contributed by atoms with E-state index in [9.17, 15) is 0 Å². The minimum Gasteiger partial charge on any atom is -0.129 e. The van der Waals surface area contributed by atoms with E-state index in [-0.39, 0.29) is 0 Å². The van der Waals surface area contributed by atoms with Gasteiger partial charge in [0.05, 0.1) is 0 Å². The fourth-order valence-corrected chi connectivity index (χ4v) is 5.61. The predicted octanol–water partition coefficient (Wildman–Crippen LogP) is 6.39. The van der Waals surface area contributed by atoms with Crippen LogP contribution < -0.4 is 0 Å². The maximum absolute atomic E-state index is 3.07. The second-order valence-corrected chi connectivity index (χ2v) is 9.24. The van der Waals surface area contributed by atoms with Crippen LogP contribution in [0, 0.1) is 29.6 Å². The molecular formula is C21H35P. The van der Waals surface area contributed by atoms with Gasteiger partial charge in [0.2, 0.25) is 0 Å². The Labute approximate surface area is 140 Å². The minimum absolute atomic E-state index is 0.664. The molecule has 22 heavy (non-hydrogen) atoms. The Kier molecular flexibility index (Phi) is 5.49. The lowest BCUT2D eigenvalue weighted by molar-refractivity contribution is 0.156. The normalized spacial score (nSPS) is 43.5. The van der Waals surface area contributed by atoms with Crippen molar-refractivity contribution in [3.8, 4) is 0 Å². The Balaban J connectivity index is 1.56. The van der Waals surface area contributed by atoms with E-state index in [1.54, 1.807) is 5.57 Å². The molecule has 0 aromatic rings. The first-order valence-electron chi connectivity index (χ1n) is 9.70. The molecule has 0 saturated heterocycles. The molecule has 124 valence electrons. The Morgan fingerprint density at radius 1 is 0.818 bits per heavy atom. The third kappa shape index (κ3) is 3.53. The van der Waals surface area contributed by atoms with E-state index >= 15 is 0 Å². The van der Waals surface area contributed by atoms with Gasteiger partial charge in [0.15, 0.2) is 0 Å². The standard InChI is InChI=1S/C21H35P/c1-14-4-7-17(8-5-14)18-9-11-19(12-10-18)20-13-6-15(2)21(22)16(20)3/h6,13-14,16-19,21H,4-5,7-12,22H2,1-3H3. The van der Waals surface area contributed by atoms with Gasteiger partial charge in [-0.15, -0.1) is 9.24 Å². The van der Waals surface area contributed by atoms with Crippen molar-refractivity contribution in [2.75, 3.05) is 0 Å². The third-order valence-electron chi connectivity index (χ3n) is 7.10. The summed E-state index contributed by atoms with van der Waals surface area (Å²) in [5.41, 5.74) is 3.95. The van der Waals surface area contributed by atoms with Crippen molar-refractivity contribution in [2.45, 2.75) is 77.8 Å². The molecule has 0 aliphatic heterocycles. The molecule has 0 N–H and O–H groups in total. The molecule has 0 bridgehead atoms. The molecule has 1 heteroatoms. The van der Waals surface area contributed by atoms with E-state index in [1.807, 2.05) is 0 Å². The predicted molar refractivity (Wildman–Crippen MR) is 101 cm³/mol. The molecular weight excluding hydrogens is 283 g/mol. The van der Waals surface area contributed by atoms with E-state index < -0.39 is 0 Å². The van der Waals surface area contributed by atoms with Crippen LogP contribution in [0.2, 0.25) is 0 Å². The number of allylic oxidation sites excluding steroid dienone is 4. The van der Waals surface area contributed by atoms with Crippen LogP contribution >= 0.6 is 9.24 Å². The highest BCUT2D eigenvalue weighted by Gasteiger charge is 2.33. The first-order valence-corrected chi connectivity index (χ1v) is 10.4. The smallest absolute Gasteiger partial charge is 0.000755 e. The third-order valence-corrected chi connectivity index (χ3v) is 8.20. The summed E-state index contributed by atoms with van der Waals surface area (Å²) in [5, 5.41) is 0. The van der Waals surface area contributed by atoms with Gasteiger partial charge in [-0.2, -0.15) is 0 Å². The summed E-state index contributed by atoms with van der Waals surface area (Å²) in [5.74, 6) is 4.71. The molecule has 3 atom stereocenters. The zero-order valence-corrected chi connectivity index (χ0v) is 16.0. The lowest BCUT2D eigenvalue weighted by Gasteiger charge is -2.40. The average molecular weight is 318 g/mol. The van der Waals surface area contributed by atoms with Crippen LogP contribution in [-0.2, 0) is 0 Å². The van der Waals surface area contributed by atoms with Crippen molar-refractivity contribution < 1.29 is 0 Å². The van der Waals surface area contributed by atoms with Gasteiger partial charge in [-0.25, -0.2) is 0 Å². The van der Waals surface area contributed by atoms with Crippen LogP contribution in [-0.4, -0.2) is 5.66 Å². The second kappa shape index (κ2) is 7.21. The topological polar surface area (TPSA) is 0 Å². The largest absolute Gasteiger partial charge is 0.129 e. The van der Waals surface area contributed by atoms with Gasteiger partial charge in [-0.05, 0) is 75.0 Å². The highest BCUT2D eigenvalue weighted by atomic mass is 31.0. The summed E-state index contributed by atoms with van der Waals surface area (Å²) in [6.45, 7) is 7.16. The van der Waals surface area contributed by atoms with E-state index in [2.05, 4.69) is 42.2 Å². The summed E-state index contributed by atoms with van der Waals surface area (Å²) in [6, 6.07) is 0. The van der Waals surface area contributed by atoms with E-state index in [0.29, 0.717) is 5.66 Å². The Bertz CT molecular complexity index is 431. The van der Waals surface area contributed by atoms with Gasteiger partial charge in [-0.1, -0.05) is 50.0 Å². The van der Waals surface area contributed by atoms with Gasteiger partial charge >= 0.3 is 0 Å². The molecule has 0 nitrogen and oxygen atoms in total.